The van der Waals surface area contributed by atoms with Gasteiger partial charge in [0.2, 0.25) is 0 Å². The molecule has 1 atom stereocenters. The Bertz CT molecular complexity index is 795. The van der Waals surface area contributed by atoms with Crippen molar-refractivity contribution in [2.24, 2.45) is 0 Å². The van der Waals surface area contributed by atoms with Gasteiger partial charge in [-0.15, -0.1) is 0 Å². The molecule has 1 saturated heterocycles. The molecule has 1 aliphatic rings. The van der Waals surface area contributed by atoms with Crippen molar-refractivity contribution in [3.63, 3.8) is 0 Å². The smallest absolute Gasteiger partial charge is 0.329 e. The monoisotopic (exact) mass is 367 g/mol. The van der Waals surface area contributed by atoms with Gasteiger partial charge in [0.25, 0.3) is 0 Å². The summed E-state index contributed by atoms with van der Waals surface area (Å²) in [6, 6.07) is 18.9. The lowest BCUT2D eigenvalue weighted by atomic mass is 9.91. The molecule has 0 spiro atoms. The van der Waals surface area contributed by atoms with E-state index in [2.05, 4.69) is 0 Å². The molecule has 6 heteroatoms. The van der Waals surface area contributed by atoms with E-state index < -0.39 is 11.5 Å². The van der Waals surface area contributed by atoms with Crippen LogP contribution in [0, 0.1) is 0 Å². The third-order valence-corrected chi connectivity index (χ3v) is 4.85. The lowest BCUT2D eigenvalue weighted by Crippen LogP contribution is -2.54. The number of carbonyl (C=O) groups excluding carboxylic acids is 1. The second-order valence-electron chi connectivity index (χ2n) is 7.23. The Hall–Kier alpha value is -2.86. The second-order valence-corrected chi connectivity index (χ2v) is 7.23. The van der Waals surface area contributed by atoms with Gasteiger partial charge in [0.1, 0.15) is 0 Å². The Morgan fingerprint density at radius 3 is 2.11 bits per heavy atom. The molecule has 142 valence electrons. The number of carbonyl (C=O) groups is 2. The molecule has 27 heavy (non-hydrogen) atoms. The van der Waals surface area contributed by atoms with Gasteiger partial charge in [-0.3, -0.25) is 14.6 Å². The molecular formula is C21H25N3O3. The average molecular weight is 367 g/mol. The van der Waals surface area contributed by atoms with E-state index in [9.17, 15) is 14.7 Å². The summed E-state index contributed by atoms with van der Waals surface area (Å²) >= 11 is 0. The molecule has 2 amide bonds. The maximum absolute atomic E-state index is 13.4. The van der Waals surface area contributed by atoms with Gasteiger partial charge < -0.3 is 10.0 Å². The Morgan fingerprint density at radius 1 is 1.04 bits per heavy atom. The number of rotatable bonds is 7. The topological polar surface area (TPSA) is 64.1 Å². The van der Waals surface area contributed by atoms with Crippen LogP contribution in [-0.2, 0) is 4.79 Å². The third-order valence-electron chi connectivity index (χ3n) is 4.85. The highest BCUT2D eigenvalue weighted by Gasteiger charge is 2.51. The van der Waals surface area contributed by atoms with Gasteiger partial charge in [-0.25, -0.2) is 4.79 Å². The molecule has 3 rings (SSSR count). The molecule has 0 aromatic heterocycles. The van der Waals surface area contributed by atoms with E-state index in [0.717, 1.165) is 11.4 Å². The summed E-state index contributed by atoms with van der Waals surface area (Å²) in [7, 11) is 3.89. The van der Waals surface area contributed by atoms with E-state index in [-0.39, 0.29) is 12.5 Å². The van der Waals surface area contributed by atoms with Gasteiger partial charge in [-0.2, -0.15) is 0 Å². The number of urea groups is 1. The number of hydrogen-bond donors (Lipinski definition) is 1. The second kappa shape index (κ2) is 7.80. The van der Waals surface area contributed by atoms with Crippen LogP contribution in [0.3, 0.4) is 0 Å². The van der Waals surface area contributed by atoms with Gasteiger partial charge in [0.05, 0.1) is 12.1 Å². The molecule has 1 aliphatic heterocycles. The normalized spacial score (nSPS) is 19.7. The molecule has 2 aromatic carbocycles. The molecule has 1 unspecified atom stereocenters. The van der Waals surface area contributed by atoms with Gasteiger partial charge in [-0.1, -0.05) is 36.4 Å². The number of anilines is 2. The average Bonchev–Trinajstić information content (AvgIpc) is 2.93. The Labute approximate surface area is 159 Å². The summed E-state index contributed by atoms with van der Waals surface area (Å²) in [5.41, 5.74) is 0.975. The van der Waals surface area contributed by atoms with Crippen molar-refractivity contribution < 1.29 is 14.7 Å². The third kappa shape index (κ3) is 3.95. The fraction of sp³-hybridized carbons (Fsp3) is 0.333. The first kappa shape index (κ1) is 18.9. The van der Waals surface area contributed by atoms with Crippen molar-refractivity contribution in [2.75, 3.05) is 37.0 Å². The molecule has 2 aromatic rings. The summed E-state index contributed by atoms with van der Waals surface area (Å²) in [5, 5.41) is 9.30. The van der Waals surface area contributed by atoms with Crippen LogP contribution in [0.25, 0.3) is 0 Å². The first-order chi connectivity index (χ1) is 12.9. The number of para-hydroxylation sites is 2. The maximum Gasteiger partial charge on any atom is 0.329 e. The number of likely N-dealkylation sites (N-methyl/N-ethyl adjacent to an activating group) is 1. The maximum atomic E-state index is 13.4. The summed E-state index contributed by atoms with van der Waals surface area (Å²) in [4.78, 5) is 30.3. The molecule has 6 nitrogen and oxygen atoms in total. The Kier molecular flexibility index (Phi) is 5.46. The Morgan fingerprint density at radius 2 is 1.59 bits per heavy atom. The minimum atomic E-state index is -0.855. The van der Waals surface area contributed by atoms with Crippen LogP contribution in [0.2, 0.25) is 0 Å². The summed E-state index contributed by atoms with van der Waals surface area (Å²) < 4.78 is 0. The highest BCUT2D eigenvalue weighted by Crippen LogP contribution is 2.38. The lowest BCUT2D eigenvalue weighted by Gasteiger charge is -2.38. The van der Waals surface area contributed by atoms with Crippen LogP contribution in [0.15, 0.2) is 60.7 Å². The minimum Gasteiger partial charge on any atom is -0.481 e. The zero-order valence-corrected chi connectivity index (χ0v) is 15.7. The molecule has 1 heterocycles. The highest BCUT2D eigenvalue weighted by molar-refractivity contribution is 6.08. The van der Waals surface area contributed by atoms with E-state index in [1.165, 1.54) is 0 Å². The zero-order valence-electron chi connectivity index (χ0n) is 15.7. The molecule has 0 aliphatic carbocycles. The number of aliphatic carboxylic acids is 1. The largest absolute Gasteiger partial charge is 0.481 e. The van der Waals surface area contributed by atoms with Crippen molar-refractivity contribution >= 4 is 23.4 Å². The van der Waals surface area contributed by atoms with Gasteiger partial charge in [0, 0.05) is 24.3 Å². The fourth-order valence-corrected chi connectivity index (χ4v) is 3.85. The number of carboxylic acids is 1. The number of carboxylic acid groups (broad SMARTS) is 1. The van der Waals surface area contributed by atoms with E-state index >= 15 is 0 Å². The fourth-order valence-electron chi connectivity index (χ4n) is 3.85. The molecule has 1 fully saturated rings. The molecule has 1 N–H and O–H groups in total. The van der Waals surface area contributed by atoms with Crippen LogP contribution in [0.4, 0.5) is 16.2 Å². The quantitative estimate of drug-likeness (QED) is 0.816. The molecule has 0 bridgehead atoms. The summed E-state index contributed by atoms with van der Waals surface area (Å²) in [6.45, 7) is 1.01. The number of hydrogen-bond acceptors (Lipinski definition) is 3. The van der Waals surface area contributed by atoms with E-state index in [4.69, 9.17) is 0 Å². The standard InChI is InChI=1S/C21H25N3O3/c1-22(2)15-21(14-13-19(25)26)16-23(17-9-5-3-6-10-17)20(27)24(21)18-11-7-4-8-12-18/h3-12H,13-16H2,1-2H3,(H,25,26). The van der Waals surface area contributed by atoms with Crippen LogP contribution in [0.5, 0.6) is 0 Å². The Balaban J connectivity index is 2.07. The number of amides is 2. The SMILES string of the molecule is CN(C)CC1(CCC(=O)O)CN(c2ccccc2)C(=O)N1c1ccccc1. The molecular weight excluding hydrogens is 342 g/mol. The number of benzene rings is 2. The van der Waals surface area contributed by atoms with Crippen molar-refractivity contribution in [2.45, 2.75) is 18.4 Å². The molecule has 0 radical (unpaired) electrons. The van der Waals surface area contributed by atoms with Crippen molar-refractivity contribution in [1.29, 1.82) is 0 Å². The van der Waals surface area contributed by atoms with Gasteiger partial charge >= 0.3 is 12.0 Å². The van der Waals surface area contributed by atoms with Crippen LogP contribution < -0.4 is 9.80 Å². The van der Waals surface area contributed by atoms with Crippen LogP contribution >= 0.6 is 0 Å². The van der Waals surface area contributed by atoms with Gasteiger partial charge in [0.15, 0.2) is 0 Å². The zero-order chi connectivity index (χ0) is 19.4. The van der Waals surface area contributed by atoms with E-state index in [0.29, 0.717) is 19.5 Å². The first-order valence-electron chi connectivity index (χ1n) is 9.01. The van der Waals surface area contributed by atoms with Crippen LogP contribution in [0.1, 0.15) is 12.8 Å². The predicted octanol–water partition coefficient (Wildman–Crippen LogP) is 3.30. The van der Waals surface area contributed by atoms with Crippen molar-refractivity contribution in [3.05, 3.63) is 60.7 Å². The van der Waals surface area contributed by atoms with E-state index in [1.807, 2.05) is 79.7 Å². The number of nitrogens with zero attached hydrogens (tertiary/aromatic N) is 3. The minimum absolute atomic E-state index is 0.00703. The first-order valence-corrected chi connectivity index (χ1v) is 9.01. The molecule has 0 saturated carbocycles. The van der Waals surface area contributed by atoms with Crippen molar-refractivity contribution in [1.82, 2.24) is 4.90 Å². The van der Waals surface area contributed by atoms with E-state index in [1.54, 1.807) is 9.80 Å². The highest BCUT2D eigenvalue weighted by atomic mass is 16.4. The van der Waals surface area contributed by atoms with Crippen molar-refractivity contribution in [3.8, 4) is 0 Å². The summed E-state index contributed by atoms with van der Waals surface area (Å²) in [5.74, 6) is -0.855. The lowest BCUT2D eigenvalue weighted by molar-refractivity contribution is -0.137. The van der Waals surface area contributed by atoms with Gasteiger partial charge in [-0.05, 0) is 44.8 Å². The summed E-state index contributed by atoms with van der Waals surface area (Å²) in [6.07, 6.45) is 0.386. The predicted molar refractivity (Wildman–Crippen MR) is 106 cm³/mol. The van der Waals surface area contributed by atoms with Crippen LogP contribution in [-0.4, -0.2) is 54.7 Å².